The van der Waals surface area contributed by atoms with Crippen molar-refractivity contribution in [2.24, 2.45) is 5.92 Å². The lowest BCUT2D eigenvalue weighted by molar-refractivity contribution is -0.132. The van der Waals surface area contributed by atoms with Crippen LogP contribution in [0.4, 0.5) is 0 Å². The number of allylic oxidation sites excluding steroid dienone is 1. The third-order valence-corrected chi connectivity index (χ3v) is 4.79. The topological polar surface area (TPSA) is 37.3 Å². The minimum atomic E-state index is -0.778. The molecule has 0 bridgehead atoms. The Kier molecular flexibility index (Phi) is 15.5. The average molecular weight is 325 g/mol. The fraction of sp³-hybridized carbons (Fsp3) is 0.857. The molecule has 0 saturated heterocycles. The predicted octanol–water partition coefficient (Wildman–Crippen LogP) is 7.13. The Labute approximate surface area is 144 Å². The lowest BCUT2D eigenvalue weighted by Crippen LogP contribution is -2.02. The zero-order valence-corrected chi connectivity index (χ0v) is 15.9. The fourth-order valence-corrected chi connectivity index (χ4v) is 3.13. The summed E-state index contributed by atoms with van der Waals surface area (Å²) >= 11 is 0. The highest BCUT2D eigenvalue weighted by atomic mass is 16.4. The maximum Gasteiger partial charge on any atom is 0.330 e. The molecule has 0 aliphatic heterocycles. The van der Waals surface area contributed by atoms with Crippen LogP contribution in [0.15, 0.2) is 11.6 Å². The van der Waals surface area contributed by atoms with E-state index in [1.165, 1.54) is 77.0 Å². The normalized spacial score (nSPS) is 13.3. The van der Waals surface area contributed by atoms with Gasteiger partial charge in [-0.15, -0.1) is 0 Å². The van der Waals surface area contributed by atoms with Crippen molar-refractivity contribution in [2.45, 2.75) is 111 Å². The van der Waals surface area contributed by atoms with Gasteiger partial charge in [0.1, 0.15) is 0 Å². The Hall–Kier alpha value is -0.790. The van der Waals surface area contributed by atoms with Crippen LogP contribution in [-0.2, 0) is 4.79 Å². The van der Waals surface area contributed by atoms with Crippen LogP contribution in [0.3, 0.4) is 0 Å². The summed E-state index contributed by atoms with van der Waals surface area (Å²) in [5.74, 6) is 0.00893. The number of hydrogen-bond donors (Lipinski definition) is 1. The predicted molar refractivity (Wildman–Crippen MR) is 101 cm³/mol. The van der Waals surface area contributed by atoms with E-state index in [0.29, 0.717) is 5.57 Å². The molecule has 1 atom stereocenters. The molecule has 1 N–H and O–H groups in total. The Bertz CT molecular complexity index is 307. The molecule has 2 nitrogen and oxygen atoms in total. The van der Waals surface area contributed by atoms with Crippen LogP contribution >= 0.6 is 0 Å². The summed E-state index contributed by atoms with van der Waals surface area (Å²) in [6, 6.07) is 0. The molecule has 0 aliphatic carbocycles. The second-order valence-electron chi connectivity index (χ2n) is 7.04. The second kappa shape index (κ2) is 16.1. The molecule has 23 heavy (non-hydrogen) atoms. The molecule has 0 radical (unpaired) electrons. The van der Waals surface area contributed by atoms with Gasteiger partial charge in [0.25, 0.3) is 0 Å². The second-order valence-corrected chi connectivity index (χ2v) is 7.04. The van der Waals surface area contributed by atoms with E-state index in [2.05, 4.69) is 13.8 Å². The summed E-state index contributed by atoms with van der Waals surface area (Å²) < 4.78 is 0. The van der Waals surface area contributed by atoms with E-state index in [1.54, 1.807) is 6.92 Å². The Morgan fingerprint density at radius 3 is 1.87 bits per heavy atom. The Balaban J connectivity index is 3.94. The van der Waals surface area contributed by atoms with Crippen molar-refractivity contribution in [2.75, 3.05) is 0 Å². The average Bonchev–Trinajstić information content (AvgIpc) is 2.53. The quantitative estimate of drug-likeness (QED) is 0.242. The van der Waals surface area contributed by atoms with Crippen molar-refractivity contribution in [3.05, 3.63) is 11.6 Å². The number of carboxylic acid groups (broad SMARTS) is 1. The number of hydrogen-bond acceptors (Lipinski definition) is 1. The van der Waals surface area contributed by atoms with Gasteiger partial charge < -0.3 is 5.11 Å². The standard InChI is InChI=1S/C21H40O2/c1-4-6-8-9-10-11-13-17-20(16-12-7-5-2)18-14-15-19(3)21(22)23/h15,20H,4-14,16-18H2,1-3H3,(H,22,23). The van der Waals surface area contributed by atoms with E-state index in [9.17, 15) is 4.79 Å². The van der Waals surface area contributed by atoms with E-state index >= 15 is 0 Å². The largest absolute Gasteiger partial charge is 0.478 e. The van der Waals surface area contributed by atoms with E-state index in [-0.39, 0.29) is 0 Å². The molecule has 0 aliphatic rings. The van der Waals surface area contributed by atoms with Gasteiger partial charge in [0, 0.05) is 5.57 Å². The third-order valence-electron chi connectivity index (χ3n) is 4.79. The van der Waals surface area contributed by atoms with Crippen LogP contribution in [0.1, 0.15) is 111 Å². The molecule has 0 amide bonds. The summed E-state index contributed by atoms with van der Waals surface area (Å²) in [5.41, 5.74) is 0.494. The first kappa shape index (κ1) is 22.2. The zero-order valence-electron chi connectivity index (χ0n) is 15.9. The number of carbonyl (C=O) groups is 1. The molecule has 2 heteroatoms. The van der Waals surface area contributed by atoms with E-state index < -0.39 is 5.97 Å². The highest BCUT2D eigenvalue weighted by Gasteiger charge is 2.08. The number of rotatable bonds is 16. The van der Waals surface area contributed by atoms with Crippen LogP contribution in [0.5, 0.6) is 0 Å². The smallest absolute Gasteiger partial charge is 0.330 e. The van der Waals surface area contributed by atoms with Crippen molar-refractivity contribution in [3.8, 4) is 0 Å². The molecule has 0 fully saturated rings. The summed E-state index contributed by atoms with van der Waals surface area (Å²) in [6.07, 6.45) is 20.2. The molecule has 1 unspecified atom stereocenters. The van der Waals surface area contributed by atoms with Gasteiger partial charge in [0.15, 0.2) is 0 Å². The summed E-state index contributed by atoms with van der Waals surface area (Å²) in [6.45, 7) is 6.22. The molecule has 0 aromatic heterocycles. The molecule has 0 aromatic rings. The van der Waals surface area contributed by atoms with Gasteiger partial charge in [0.05, 0.1) is 0 Å². The lowest BCUT2D eigenvalue weighted by Gasteiger charge is -2.16. The van der Waals surface area contributed by atoms with Crippen molar-refractivity contribution in [3.63, 3.8) is 0 Å². The van der Waals surface area contributed by atoms with Crippen LogP contribution in [0.2, 0.25) is 0 Å². The summed E-state index contributed by atoms with van der Waals surface area (Å²) in [4.78, 5) is 10.8. The van der Waals surface area contributed by atoms with Gasteiger partial charge >= 0.3 is 5.97 Å². The molecule has 0 aromatic carbocycles. The van der Waals surface area contributed by atoms with Crippen molar-refractivity contribution in [1.82, 2.24) is 0 Å². The monoisotopic (exact) mass is 324 g/mol. The maximum atomic E-state index is 10.8. The van der Waals surface area contributed by atoms with Gasteiger partial charge in [-0.2, -0.15) is 0 Å². The number of unbranched alkanes of at least 4 members (excludes halogenated alkanes) is 8. The summed E-state index contributed by atoms with van der Waals surface area (Å²) in [5, 5.41) is 8.91. The first-order valence-corrected chi connectivity index (χ1v) is 10.0. The van der Waals surface area contributed by atoms with Crippen LogP contribution in [-0.4, -0.2) is 11.1 Å². The first-order chi connectivity index (χ1) is 11.1. The summed E-state index contributed by atoms with van der Waals surface area (Å²) in [7, 11) is 0. The van der Waals surface area contributed by atoms with Crippen molar-refractivity contribution in [1.29, 1.82) is 0 Å². The lowest BCUT2D eigenvalue weighted by atomic mass is 9.90. The molecular formula is C21H40O2. The molecule has 0 spiro atoms. The van der Waals surface area contributed by atoms with Gasteiger partial charge in [-0.05, 0) is 25.7 Å². The van der Waals surface area contributed by atoms with Gasteiger partial charge in [-0.3, -0.25) is 0 Å². The first-order valence-electron chi connectivity index (χ1n) is 10.0. The van der Waals surface area contributed by atoms with Crippen molar-refractivity contribution < 1.29 is 9.90 Å². The van der Waals surface area contributed by atoms with Gasteiger partial charge in [-0.1, -0.05) is 97.0 Å². The van der Waals surface area contributed by atoms with Gasteiger partial charge in [-0.25, -0.2) is 4.79 Å². The minimum absolute atomic E-state index is 0.494. The third kappa shape index (κ3) is 14.5. The Morgan fingerprint density at radius 2 is 1.30 bits per heavy atom. The SMILES string of the molecule is CCCCCCCCCC(CCC=C(C)C(=O)O)CCCCC. The molecular weight excluding hydrogens is 284 g/mol. The highest BCUT2D eigenvalue weighted by molar-refractivity contribution is 5.85. The van der Waals surface area contributed by atoms with Crippen molar-refractivity contribution >= 4 is 5.97 Å². The highest BCUT2D eigenvalue weighted by Crippen LogP contribution is 2.23. The maximum absolute atomic E-state index is 10.8. The van der Waals surface area contributed by atoms with Gasteiger partial charge in [0.2, 0.25) is 0 Å². The van der Waals surface area contributed by atoms with Crippen LogP contribution < -0.4 is 0 Å². The molecule has 0 saturated carbocycles. The Morgan fingerprint density at radius 1 is 0.826 bits per heavy atom. The number of aliphatic carboxylic acids is 1. The number of carboxylic acids is 1. The van der Waals surface area contributed by atoms with Crippen LogP contribution in [0, 0.1) is 5.92 Å². The molecule has 0 heterocycles. The van der Waals surface area contributed by atoms with E-state index in [4.69, 9.17) is 5.11 Å². The molecule has 0 rings (SSSR count). The zero-order chi connectivity index (χ0) is 17.3. The van der Waals surface area contributed by atoms with Crippen LogP contribution in [0.25, 0.3) is 0 Å². The fourth-order valence-electron chi connectivity index (χ4n) is 3.13. The van der Waals surface area contributed by atoms with E-state index in [1.807, 2.05) is 6.08 Å². The van der Waals surface area contributed by atoms with E-state index in [0.717, 1.165) is 18.8 Å². The molecule has 136 valence electrons. The minimum Gasteiger partial charge on any atom is -0.478 e.